The summed E-state index contributed by atoms with van der Waals surface area (Å²) in [6, 6.07) is 5.94. The summed E-state index contributed by atoms with van der Waals surface area (Å²) in [6.45, 7) is 3.90. The van der Waals surface area contributed by atoms with Crippen LogP contribution in [0.2, 0.25) is 5.02 Å². The van der Waals surface area contributed by atoms with Gasteiger partial charge in [0.15, 0.2) is 0 Å². The number of hydrogen-bond acceptors (Lipinski definition) is 1. The maximum Gasteiger partial charge on any atom is 0.0550 e. The van der Waals surface area contributed by atoms with Gasteiger partial charge in [0, 0.05) is 22.6 Å². The van der Waals surface area contributed by atoms with Crippen molar-refractivity contribution >= 4 is 22.5 Å². The highest BCUT2D eigenvalue weighted by Crippen LogP contribution is 2.32. The van der Waals surface area contributed by atoms with Gasteiger partial charge < -0.3 is 10.7 Å². The first-order valence-electron chi connectivity index (χ1n) is 4.55. The normalized spacial score (nSPS) is 12.3. The lowest BCUT2D eigenvalue weighted by atomic mass is 9.94. The topological polar surface area (TPSA) is 41.8 Å². The van der Waals surface area contributed by atoms with E-state index >= 15 is 0 Å². The van der Waals surface area contributed by atoms with Crippen LogP contribution in [0.5, 0.6) is 0 Å². The van der Waals surface area contributed by atoms with E-state index in [1.807, 2.05) is 38.2 Å². The van der Waals surface area contributed by atoms with Crippen molar-refractivity contribution in [1.29, 1.82) is 0 Å². The van der Waals surface area contributed by atoms with Crippen molar-refractivity contribution in [2.24, 2.45) is 5.73 Å². The van der Waals surface area contributed by atoms with Gasteiger partial charge in [0.2, 0.25) is 0 Å². The molecule has 0 aliphatic heterocycles. The summed E-state index contributed by atoms with van der Waals surface area (Å²) in [5, 5.41) is 1.78. The first kappa shape index (κ1) is 9.56. The van der Waals surface area contributed by atoms with Crippen molar-refractivity contribution < 1.29 is 0 Å². The van der Waals surface area contributed by atoms with Crippen LogP contribution in [0.3, 0.4) is 0 Å². The Balaban J connectivity index is 2.74. The van der Waals surface area contributed by atoms with Crippen LogP contribution in [0.15, 0.2) is 24.4 Å². The van der Waals surface area contributed by atoms with Crippen molar-refractivity contribution in [2.75, 3.05) is 0 Å². The molecule has 0 bridgehead atoms. The number of benzene rings is 1. The van der Waals surface area contributed by atoms with E-state index in [0.717, 1.165) is 21.5 Å². The fourth-order valence-electron chi connectivity index (χ4n) is 1.59. The molecular formula is C11H13ClN2. The second-order valence-electron chi connectivity index (χ2n) is 4.09. The summed E-state index contributed by atoms with van der Waals surface area (Å²) < 4.78 is 0. The third-order valence-electron chi connectivity index (χ3n) is 2.36. The SMILES string of the molecule is CC(C)(N)c1ccc2[nH]ccc2c1Cl. The predicted octanol–water partition coefficient (Wildman–Crippen LogP) is 3.02. The van der Waals surface area contributed by atoms with Crippen LogP contribution in [0.4, 0.5) is 0 Å². The van der Waals surface area contributed by atoms with Gasteiger partial charge >= 0.3 is 0 Å². The van der Waals surface area contributed by atoms with E-state index in [1.165, 1.54) is 0 Å². The number of H-pyrrole nitrogens is 1. The maximum atomic E-state index is 6.27. The van der Waals surface area contributed by atoms with E-state index < -0.39 is 5.54 Å². The van der Waals surface area contributed by atoms with Gasteiger partial charge in [-0.25, -0.2) is 0 Å². The van der Waals surface area contributed by atoms with E-state index in [9.17, 15) is 0 Å². The minimum Gasteiger partial charge on any atom is -0.361 e. The summed E-state index contributed by atoms with van der Waals surface area (Å²) >= 11 is 6.27. The smallest absolute Gasteiger partial charge is 0.0550 e. The van der Waals surface area contributed by atoms with Crippen LogP contribution in [0, 0.1) is 0 Å². The van der Waals surface area contributed by atoms with Crippen molar-refractivity contribution in [3.05, 3.63) is 35.0 Å². The Morgan fingerprint density at radius 3 is 2.64 bits per heavy atom. The Bertz CT molecular complexity index is 466. The molecule has 0 aliphatic rings. The molecule has 0 saturated carbocycles. The van der Waals surface area contributed by atoms with Gasteiger partial charge in [-0.05, 0) is 31.5 Å². The lowest BCUT2D eigenvalue weighted by Gasteiger charge is -2.20. The fourth-order valence-corrected chi connectivity index (χ4v) is 2.07. The number of nitrogens with one attached hydrogen (secondary N) is 1. The van der Waals surface area contributed by atoms with Gasteiger partial charge in [0.05, 0.1) is 5.02 Å². The van der Waals surface area contributed by atoms with Gasteiger partial charge in [-0.2, -0.15) is 0 Å². The lowest BCUT2D eigenvalue weighted by molar-refractivity contribution is 0.555. The number of fused-ring (bicyclic) bond motifs is 1. The van der Waals surface area contributed by atoms with Crippen LogP contribution in [-0.2, 0) is 5.54 Å². The molecule has 1 aromatic heterocycles. The first-order valence-corrected chi connectivity index (χ1v) is 4.93. The lowest BCUT2D eigenvalue weighted by Crippen LogP contribution is -2.28. The van der Waals surface area contributed by atoms with Crippen LogP contribution in [0.25, 0.3) is 10.9 Å². The summed E-state index contributed by atoms with van der Waals surface area (Å²) in [4.78, 5) is 3.11. The molecule has 0 amide bonds. The van der Waals surface area contributed by atoms with Crippen molar-refractivity contribution in [1.82, 2.24) is 4.98 Å². The third kappa shape index (κ3) is 1.41. The number of nitrogens with two attached hydrogens (primary N) is 1. The number of rotatable bonds is 1. The number of hydrogen-bond donors (Lipinski definition) is 2. The van der Waals surface area contributed by atoms with Crippen LogP contribution < -0.4 is 5.73 Å². The van der Waals surface area contributed by atoms with Gasteiger partial charge in [-0.1, -0.05) is 17.7 Å². The Labute approximate surface area is 88.1 Å². The maximum absolute atomic E-state index is 6.27. The predicted molar refractivity (Wildman–Crippen MR) is 60.5 cm³/mol. The number of aromatic amines is 1. The summed E-state index contributed by atoms with van der Waals surface area (Å²) in [7, 11) is 0. The van der Waals surface area contributed by atoms with Crippen molar-refractivity contribution in [3.8, 4) is 0 Å². The summed E-state index contributed by atoms with van der Waals surface area (Å²) in [5.41, 5.74) is 7.64. The third-order valence-corrected chi connectivity index (χ3v) is 2.77. The molecule has 0 aliphatic carbocycles. The van der Waals surface area contributed by atoms with E-state index in [2.05, 4.69) is 4.98 Å². The van der Waals surface area contributed by atoms with Gasteiger partial charge in [-0.3, -0.25) is 0 Å². The monoisotopic (exact) mass is 208 g/mol. The zero-order chi connectivity index (χ0) is 10.3. The Morgan fingerprint density at radius 2 is 2.00 bits per heavy atom. The quantitative estimate of drug-likeness (QED) is 0.743. The minimum atomic E-state index is -0.400. The van der Waals surface area contributed by atoms with Crippen molar-refractivity contribution in [3.63, 3.8) is 0 Å². The van der Waals surface area contributed by atoms with E-state index in [0.29, 0.717) is 0 Å². The molecule has 0 saturated heterocycles. The molecule has 0 atom stereocenters. The molecule has 1 aromatic carbocycles. The minimum absolute atomic E-state index is 0.400. The second-order valence-corrected chi connectivity index (χ2v) is 4.47. The average Bonchev–Trinajstić information content (AvgIpc) is 2.50. The molecule has 0 fully saturated rings. The average molecular weight is 209 g/mol. The van der Waals surface area contributed by atoms with Gasteiger partial charge in [-0.15, -0.1) is 0 Å². The molecule has 0 spiro atoms. The summed E-state index contributed by atoms with van der Waals surface area (Å²) in [5.74, 6) is 0. The molecule has 3 N–H and O–H groups in total. The Kier molecular flexibility index (Phi) is 2.05. The summed E-state index contributed by atoms with van der Waals surface area (Å²) in [6.07, 6.45) is 1.88. The highest BCUT2D eigenvalue weighted by atomic mass is 35.5. The molecular weight excluding hydrogens is 196 g/mol. The molecule has 0 radical (unpaired) electrons. The van der Waals surface area contributed by atoms with E-state index in [4.69, 9.17) is 17.3 Å². The van der Waals surface area contributed by atoms with Crippen LogP contribution in [-0.4, -0.2) is 4.98 Å². The molecule has 0 unspecified atom stereocenters. The molecule has 3 heteroatoms. The van der Waals surface area contributed by atoms with E-state index in [1.54, 1.807) is 0 Å². The highest BCUT2D eigenvalue weighted by molar-refractivity contribution is 6.36. The molecule has 74 valence electrons. The van der Waals surface area contributed by atoms with Crippen LogP contribution in [0.1, 0.15) is 19.4 Å². The Hall–Kier alpha value is -0.990. The number of halogens is 1. The molecule has 2 aromatic rings. The molecule has 1 heterocycles. The zero-order valence-electron chi connectivity index (χ0n) is 8.26. The number of aromatic nitrogens is 1. The first-order chi connectivity index (χ1) is 6.50. The van der Waals surface area contributed by atoms with E-state index in [-0.39, 0.29) is 0 Å². The van der Waals surface area contributed by atoms with Crippen LogP contribution >= 0.6 is 11.6 Å². The highest BCUT2D eigenvalue weighted by Gasteiger charge is 2.19. The molecule has 2 nitrogen and oxygen atoms in total. The second kappa shape index (κ2) is 3.01. The zero-order valence-corrected chi connectivity index (χ0v) is 9.02. The fraction of sp³-hybridized carbons (Fsp3) is 0.273. The van der Waals surface area contributed by atoms with Gasteiger partial charge in [0.1, 0.15) is 0 Å². The standard InChI is InChI=1S/C11H13ClN2/c1-11(2,13)8-3-4-9-7(10(8)12)5-6-14-9/h3-6,14H,13H2,1-2H3. The Morgan fingerprint density at radius 1 is 1.29 bits per heavy atom. The largest absolute Gasteiger partial charge is 0.361 e. The molecule has 2 rings (SSSR count). The molecule has 14 heavy (non-hydrogen) atoms. The van der Waals surface area contributed by atoms with Gasteiger partial charge in [0.25, 0.3) is 0 Å². The van der Waals surface area contributed by atoms with Crippen molar-refractivity contribution in [2.45, 2.75) is 19.4 Å².